The summed E-state index contributed by atoms with van der Waals surface area (Å²) < 4.78 is 0. The number of fused-ring (bicyclic) bond motifs is 1. The second kappa shape index (κ2) is 7.89. The van der Waals surface area contributed by atoms with Crippen LogP contribution in [0.2, 0.25) is 0 Å². The van der Waals surface area contributed by atoms with Gasteiger partial charge in [0.2, 0.25) is 5.91 Å². The topological polar surface area (TPSA) is 23.6 Å². The van der Waals surface area contributed by atoms with Crippen LogP contribution in [0.15, 0.2) is 84.9 Å². The zero-order chi connectivity index (χ0) is 19.5. The number of hydrogen-bond acceptors (Lipinski definition) is 2. The first-order valence-electron chi connectivity index (χ1n) is 9.89. The molecule has 3 heteroatoms. The lowest BCUT2D eigenvalue weighted by atomic mass is 9.89. The van der Waals surface area contributed by atoms with E-state index < -0.39 is 0 Å². The van der Waals surface area contributed by atoms with Gasteiger partial charge in [0, 0.05) is 30.9 Å². The highest BCUT2D eigenvalue weighted by molar-refractivity contribution is 5.92. The number of carbonyl (C=O) groups is 1. The van der Waals surface area contributed by atoms with Crippen molar-refractivity contribution in [1.82, 2.24) is 0 Å². The number of anilines is 2. The summed E-state index contributed by atoms with van der Waals surface area (Å²) in [5.74, 6) is 0.0784. The Labute approximate surface area is 167 Å². The highest BCUT2D eigenvalue weighted by Gasteiger charge is 2.35. The van der Waals surface area contributed by atoms with Crippen molar-refractivity contribution in [2.24, 2.45) is 0 Å². The fourth-order valence-corrected chi connectivity index (χ4v) is 4.28. The zero-order valence-corrected chi connectivity index (χ0v) is 16.5. The Bertz CT molecular complexity index is 939. The molecule has 4 rings (SSSR count). The molecule has 1 heterocycles. The molecule has 2 atom stereocenters. The van der Waals surface area contributed by atoms with E-state index in [1.165, 1.54) is 16.8 Å². The van der Waals surface area contributed by atoms with Crippen molar-refractivity contribution in [1.29, 1.82) is 0 Å². The van der Waals surface area contributed by atoms with Gasteiger partial charge in [-0.3, -0.25) is 4.79 Å². The first-order valence-corrected chi connectivity index (χ1v) is 9.89. The first-order chi connectivity index (χ1) is 13.6. The molecule has 1 aliphatic rings. The summed E-state index contributed by atoms with van der Waals surface area (Å²) in [5.41, 5.74) is 4.69. The maximum absolute atomic E-state index is 12.6. The van der Waals surface area contributed by atoms with Crippen LogP contribution in [0, 0.1) is 0 Å². The van der Waals surface area contributed by atoms with Crippen LogP contribution in [0.5, 0.6) is 0 Å². The van der Waals surface area contributed by atoms with E-state index in [1.54, 1.807) is 6.92 Å². The molecule has 3 nitrogen and oxygen atoms in total. The second-order valence-corrected chi connectivity index (χ2v) is 7.50. The Kier molecular flexibility index (Phi) is 5.16. The van der Waals surface area contributed by atoms with Crippen LogP contribution in [-0.2, 0) is 11.3 Å². The van der Waals surface area contributed by atoms with Gasteiger partial charge < -0.3 is 9.80 Å². The minimum absolute atomic E-state index is 0.0399. The molecule has 0 spiro atoms. The van der Waals surface area contributed by atoms with Crippen LogP contribution in [0.1, 0.15) is 37.4 Å². The Morgan fingerprint density at radius 1 is 0.929 bits per heavy atom. The van der Waals surface area contributed by atoms with Crippen LogP contribution in [0.4, 0.5) is 11.4 Å². The Balaban J connectivity index is 1.74. The molecule has 28 heavy (non-hydrogen) atoms. The monoisotopic (exact) mass is 370 g/mol. The first kappa shape index (κ1) is 18.3. The standard InChI is InChI=1S/C25H26N2O/c1-19-17-25(27(20(2)28)22-13-7-4-8-14-22)23-15-9-10-16-24(23)26(19)18-21-11-5-3-6-12-21/h3-16,19,25H,17-18H2,1-2H3/t19-,25-/m0/s1. The molecule has 1 aliphatic heterocycles. The van der Waals surface area contributed by atoms with Gasteiger partial charge in [-0.1, -0.05) is 66.7 Å². The van der Waals surface area contributed by atoms with Crippen molar-refractivity contribution in [2.45, 2.75) is 38.9 Å². The van der Waals surface area contributed by atoms with Crippen LogP contribution < -0.4 is 9.80 Å². The molecule has 3 aromatic rings. The van der Waals surface area contributed by atoms with Gasteiger partial charge in [0.15, 0.2) is 0 Å². The third-order valence-electron chi connectivity index (χ3n) is 5.58. The third-order valence-corrected chi connectivity index (χ3v) is 5.58. The molecule has 0 N–H and O–H groups in total. The Morgan fingerprint density at radius 3 is 2.21 bits per heavy atom. The zero-order valence-electron chi connectivity index (χ0n) is 16.5. The predicted octanol–water partition coefficient (Wildman–Crippen LogP) is 5.58. The number of benzene rings is 3. The Hall–Kier alpha value is -3.07. The van der Waals surface area contributed by atoms with Crippen molar-refractivity contribution >= 4 is 17.3 Å². The van der Waals surface area contributed by atoms with E-state index in [-0.39, 0.29) is 11.9 Å². The SMILES string of the molecule is CC(=O)N(c1ccccc1)[C@H]1C[C@H](C)N(Cc2ccccc2)c2ccccc21. The molecule has 0 radical (unpaired) electrons. The van der Waals surface area contributed by atoms with Crippen molar-refractivity contribution in [3.05, 3.63) is 96.1 Å². The van der Waals surface area contributed by atoms with Crippen LogP contribution in [0.3, 0.4) is 0 Å². The fourth-order valence-electron chi connectivity index (χ4n) is 4.28. The average Bonchev–Trinajstić information content (AvgIpc) is 2.72. The van der Waals surface area contributed by atoms with Gasteiger partial charge in [0.05, 0.1) is 6.04 Å². The summed E-state index contributed by atoms with van der Waals surface area (Å²) in [6.07, 6.45) is 0.901. The maximum atomic E-state index is 12.6. The van der Waals surface area contributed by atoms with Gasteiger partial charge in [-0.15, -0.1) is 0 Å². The van der Waals surface area contributed by atoms with Gasteiger partial charge in [0.1, 0.15) is 0 Å². The molecule has 1 amide bonds. The second-order valence-electron chi connectivity index (χ2n) is 7.50. The van der Waals surface area contributed by atoms with Crippen molar-refractivity contribution in [3.63, 3.8) is 0 Å². The summed E-state index contributed by atoms with van der Waals surface area (Å²) in [7, 11) is 0. The van der Waals surface area contributed by atoms with Crippen LogP contribution >= 0.6 is 0 Å². The highest BCUT2D eigenvalue weighted by Crippen LogP contribution is 2.42. The third kappa shape index (κ3) is 3.53. The van der Waals surface area contributed by atoms with E-state index in [4.69, 9.17) is 0 Å². The summed E-state index contributed by atoms with van der Waals surface area (Å²) in [6.45, 7) is 4.79. The van der Waals surface area contributed by atoms with Gasteiger partial charge >= 0.3 is 0 Å². The van der Waals surface area contributed by atoms with Crippen LogP contribution in [-0.4, -0.2) is 11.9 Å². The van der Waals surface area contributed by atoms with Gasteiger partial charge in [-0.2, -0.15) is 0 Å². The molecule has 3 aromatic carbocycles. The molecule has 0 aliphatic carbocycles. The molecule has 0 aromatic heterocycles. The molecule has 0 saturated heterocycles. The van der Waals surface area contributed by atoms with E-state index in [0.29, 0.717) is 6.04 Å². The quantitative estimate of drug-likeness (QED) is 0.598. The van der Waals surface area contributed by atoms with E-state index in [9.17, 15) is 4.79 Å². The number of nitrogens with zero attached hydrogens (tertiary/aromatic N) is 2. The van der Waals surface area contributed by atoms with Crippen molar-refractivity contribution in [2.75, 3.05) is 9.80 Å². The average molecular weight is 370 g/mol. The fraction of sp³-hybridized carbons (Fsp3) is 0.240. The van der Waals surface area contributed by atoms with Crippen molar-refractivity contribution in [3.8, 4) is 0 Å². The summed E-state index contributed by atoms with van der Waals surface area (Å²) in [4.78, 5) is 17.1. The minimum atomic E-state index is 0.0399. The van der Waals surface area contributed by atoms with Crippen molar-refractivity contribution < 1.29 is 4.79 Å². The van der Waals surface area contributed by atoms with E-state index in [2.05, 4.69) is 66.4 Å². The number of para-hydroxylation sites is 2. The normalized spacial score (nSPS) is 18.4. The van der Waals surface area contributed by atoms with Gasteiger partial charge in [-0.05, 0) is 42.7 Å². The molecule has 0 saturated carbocycles. The maximum Gasteiger partial charge on any atom is 0.224 e. The van der Waals surface area contributed by atoms with Gasteiger partial charge in [0.25, 0.3) is 0 Å². The number of rotatable bonds is 4. The molecular formula is C25H26N2O. The molecular weight excluding hydrogens is 344 g/mol. The molecule has 142 valence electrons. The van der Waals surface area contributed by atoms with Crippen LogP contribution in [0.25, 0.3) is 0 Å². The largest absolute Gasteiger partial charge is 0.364 e. The highest BCUT2D eigenvalue weighted by atomic mass is 16.2. The lowest BCUT2D eigenvalue weighted by molar-refractivity contribution is -0.117. The lowest BCUT2D eigenvalue weighted by Crippen LogP contribution is -2.44. The molecule has 0 bridgehead atoms. The summed E-state index contributed by atoms with van der Waals surface area (Å²) >= 11 is 0. The number of amides is 1. The summed E-state index contributed by atoms with van der Waals surface area (Å²) in [5, 5.41) is 0. The number of hydrogen-bond donors (Lipinski definition) is 0. The van der Waals surface area contributed by atoms with E-state index >= 15 is 0 Å². The molecule has 0 unspecified atom stereocenters. The Morgan fingerprint density at radius 2 is 1.54 bits per heavy atom. The minimum Gasteiger partial charge on any atom is -0.364 e. The molecule has 0 fully saturated rings. The van der Waals surface area contributed by atoms with Gasteiger partial charge in [-0.25, -0.2) is 0 Å². The smallest absolute Gasteiger partial charge is 0.224 e. The predicted molar refractivity (Wildman–Crippen MR) is 115 cm³/mol. The number of carbonyl (C=O) groups excluding carboxylic acids is 1. The lowest BCUT2D eigenvalue weighted by Gasteiger charge is -2.44. The van der Waals surface area contributed by atoms with E-state index in [1.807, 2.05) is 35.2 Å². The van der Waals surface area contributed by atoms with E-state index in [0.717, 1.165) is 18.7 Å². The summed E-state index contributed by atoms with van der Waals surface area (Å²) in [6, 6.07) is 29.5.